The van der Waals surface area contributed by atoms with Crippen LogP contribution < -0.4 is 14.5 Å². The molecule has 1 aliphatic rings. The Morgan fingerprint density at radius 3 is 2.25 bits per heavy atom. The van der Waals surface area contributed by atoms with Gasteiger partial charge in [0.25, 0.3) is 5.91 Å². The Kier molecular flexibility index (Phi) is 5.40. The summed E-state index contributed by atoms with van der Waals surface area (Å²) in [6.45, 7) is 1.80. The van der Waals surface area contributed by atoms with Crippen LogP contribution in [0.2, 0.25) is 0 Å². The van der Waals surface area contributed by atoms with E-state index in [0.717, 1.165) is 0 Å². The summed E-state index contributed by atoms with van der Waals surface area (Å²) in [6.07, 6.45) is 0.355. The molecule has 1 N–H and O–H groups in total. The highest BCUT2D eigenvalue weighted by atomic mass is 16.5. The monoisotopic (exact) mass is 434 g/mol. The van der Waals surface area contributed by atoms with E-state index >= 15 is 0 Å². The van der Waals surface area contributed by atoms with Crippen molar-refractivity contribution in [2.75, 3.05) is 30.5 Å². The number of carboxylic acid groups (broad SMARTS) is 1. The number of carboxylic acids is 1. The van der Waals surface area contributed by atoms with Crippen LogP contribution in [0.25, 0.3) is 5.69 Å². The second kappa shape index (κ2) is 8.18. The lowest BCUT2D eigenvalue weighted by atomic mass is 10.0. The molecule has 2 heterocycles. The summed E-state index contributed by atoms with van der Waals surface area (Å²) >= 11 is 0. The molecule has 0 spiro atoms. The van der Waals surface area contributed by atoms with Crippen molar-refractivity contribution in [3.8, 4) is 11.4 Å². The number of carbonyl (C=O) groups is 3. The van der Waals surface area contributed by atoms with Crippen LogP contribution in [0, 0.1) is 0 Å². The molecule has 0 fully saturated rings. The summed E-state index contributed by atoms with van der Waals surface area (Å²) in [7, 11) is 3.23. The van der Waals surface area contributed by atoms with E-state index in [9.17, 15) is 19.5 Å². The van der Waals surface area contributed by atoms with Crippen molar-refractivity contribution in [3.63, 3.8) is 0 Å². The zero-order chi connectivity index (χ0) is 23.0. The summed E-state index contributed by atoms with van der Waals surface area (Å²) in [4.78, 5) is 39.9. The van der Waals surface area contributed by atoms with Gasteiger partial charge in [-0.15, -0.1) is 0 Å². The first-order valence-electron chi connectivity index (χ1n) is 9.97. The maximum atomic E-state index is 13.5. The van der Waals surface area contributed by atoms with Crippen LogP contribution in [0.1, 0.15) is 33.5 Å². The second-order valence-corrected chi connectivity index (χ2v) is 7.39. The topological polar surface area (TPSA) is 105 Å². The highest BCUT2D eigenvalue weighted by Gasteiger charge is 2.35. The minimum atomic E-state index is -1.17. The third-order valence-corrected chi connectivity index (χ3v) is 5.56. The number of rotatable bonds is 5. The third kappa shape index (κ3) is 3.58. The molecule has 0 radical (unpaired) electrons. The van der Waals surface area contributed by atoms with E-state index in [-0.39, 0.29) is 23.2 Å². The van der Waals surface area contributed by atoms with E-state index in [0.29, 0.717) is 41.3 Å². The zero-order valence-electron chi connectivity index (χ0n) is 17.9. The predicted molar refractivity (Wildman–Crippen MR) is 118 cm³/mol. The van der Waals surface area contributed by atoms with Crippen molar-refractivity contribution in [2.45, 2.75) is 13.3 Å². The van der Waals surface area contributed by atoms with Crippen molar-refractivity contribution in [2.24, 2.45) is 0 Å². The van der Waals surface area contributed by atoms with Gasteiger partial charge < -0.3 is 19.6 Å². The number of hydrogen-bond donors (Lipinski definition) is 1. The molecule has 2 amide bonds. The molecule has 1 aliphatic heterocycles. The fraction of sp³-hybridized carbons (Fsp3) is 0.217. The van der Waals surface area contributed by atoms with Gasteiger partial charge in [0.1, 0.15) is 11.4 Å². The number of amides is 2. The molecule has 9 nitrogen and oxygen atoms in total. The van der Waals surface area contributed by atoms with Gasteiger partial charge in [-0.3, -0.25) is 9.59 Å². The molecule has 0 aliphatic carbocycles. The fourth-order valence-electron chi connectivity index (χ4n) is 3.73. The number of benzene rings is 2. The van der Waals surface area contributed by atoms with Crippen LogP contribution >= 0.6 is 0 Å². The maximum absolute atomic E-state index is 13.5. The number of anilines is 2. The molecule has 0 bridgehead atoms. The summed E-state index contributed by atoms with van der Waals surface area (Å²) < 4.78 is 6.55. The first-order valence-corrected chi connectivity index (χ1v) is 9.97. The lowest BCUT2D eigenvalue weighted by Crippen LogP contribution is -2.39. The van der Waals surface area contributed by atoms with Gasteiger partial charge in [0.05, 0.1) is 12.8 Å². The Balaban J connectivity index is 1.74. The van der Waals surface area contributed by atoms with Crippen molar-refractivity contribution in [3.05, 3.63) is 65.5 Å². The van der Waals surface area contributed by atoms with Crippen LogP contribution in [0.15, 0.2) is 48.5 Å². The van der Waals surface area contributed by atoms with Gasteiger partial charge in [0.2, 0.25) is 5.91 Å². The summed E-state index contributed by atoms with van der Waals surface area (Å²) in [5.74, 6) is -0.973. The minimum Gasteiger partial charge on any atom is -0.497 e. The van der Waals surface area contributed by atoms with Crippen molar-refractivity contribution in [1.82, 2.24) is 9.78 Å². The SMILES string of the molecule is COc1ccc(-n2nc(C(=O)O)c3c2C(=O)N(c2ccc(N(C)C(C)=O)cc2)CC3)cc1. The van der Waals surface area contributed by atoms with Crippen molar-refractivity contribution < 1.29 is 24.2 Å². The van der Waals surface area contributed by atoms with Gasteiger partial charge in [-0.1, -0.05) is 0 Å². The van der Waals surface area contributed by atoms with Gasteiger partial charge in [0, 0.05) is 37.5 Å². The Bertz CT molecular complexity index is 1200. The number of nitrogens with zero attached hydrogens (tertiary/aromatic N) is 4. The van der Waals surface area contributed by atoms with Crippen molar-refractivity contribution in [1.29, 1.82) is 0 Å². The Morgan fingerprint density at radius 1 is 1.06 bits per heavy atom. The fourth-order valence-corrected chi connectivity index (χ4v) is 3.73. The van der Waals surface area contributed by atoms with Crippen LogP contribution in [-0.2, 0) is 11.2 Å². The van der Waals surface area contributed by atoms with E-state index in [1.165, 1.54) is 16.5 Å². The average Bonchev–Trinajstić information content (AvgIpc) is 3.20. The Morgan fingerprint density at radius 2 is 1.69 bits per heavy atom. The number of fused-ring (bicyclic) bond motifs is 1. The van der Waals surface area contributed by atoms with Crippen LogP contribution in [0.5, 0.6) is 5.75 Å². The van der Waals surface area contributed by atoms with Gasteiger partial charge >= 0.3 is 5.97 Å². The standard InChI is InChI=1S/C23H22N4O5/c1-14(28)25(2)15-4-6-16(7-5-15)26-13-12-19-20(23(30)31)24-27(21(19)22(26)29)17-8-10-18(32-3)11-9-17/h4-11H,12-13H2,1-3H3,(H,30,31). The molecule has 3 aromatic rings. The van der Waals surface area contributed by atoms with Crippen LogP contribution in [0.4, 0.5) is 11.4 Å². The first-order chi connectivity index (χ1) is 15.3. The highest BCUT2D eigenvalue weighted by Crippen LogP contribution is 2.30. The molecular formula is C23H22N4O5. The average molecular weight is 434 g/mol. The molecule has 32 heavy (non-hydrogen) atoms. The molecule has 0 saturated heterocycles. The van der Waals surface area contributed by atoms with Crippen LogP contribution in [0.3, 0.4) is 0 Å². The third-order valence-electron chi connectivity index (χ3n) is 5.56. The molecule has 164 valence electrons. The minimum absolute atomic E-state index is 0.0963. The summed E-state index contributed by atoms with van der Waals surface area (Å²) in [5.41, 5.74) is 2.44. The quantitative estimate of drug-likeness (QED) is 0.662. The molecule has 0 saturated carbocycles. The lowest BCUT2D eigenvalue weighted by Gasteiger charge is -2.28. The van der Waals surface area contributed by atoms with E-state index < -0.39 is 5.97 Å². The molecule has 9 heteroatoms. The first kappa shape index (κ1) is 21.1. The molecular weight excluding hydrogens is 412 g/mol. The molecule has 2 aromatic carbocycles. The maximum Gasteiger partial charge on any atom is 0.356 e. The number of carbonyl (C=O) groups excluding carboxylic acids is 2. The van der Waals surface area contributed by atoms with Crippen molar-refractivity contribution >= 4 is 29.2 Å². The normalized spacial score (nSPS) is 13.0. The number of aromatic carboxylic acids is 1. The number of hydrogen-bond acceptors (Lipinski definition) is 5. The predicted octanol–water partition coefficient (Wildman–Crippen LogP) is 2.76. The zero-order valence-corrected chi connectivity index (χ0v) is 17.9. The number of ether oxygens (including phenoxy) is 1. The van der Waals surface area contributed by atoms with Gasteiger partial charge in [0.15, 0.2) is 5.69 Å². The van der Waals surface area contributed by atoms with Gasteiger partial charge in [-0.2, -0.15) is 5.10 Å². The highest BCUT2D eigenvalue weighted by molar-refractivity contribution is 6.09. The van der Waals surface area contributed by atoms with Gasteiger partial charge in [-0.05, 0) is 55.0 Å². The van der Waals surface area contributed by atoms with E-state index in [4.69, 9.17) is 4.74 Å². The Hall–Kier alpha value is -4.14. The summed E-state index contributed by atoms with van der Waals surface area (Å²) in [6, 6.07) is 13.9. The van der Waals surface area contributed by atoms with Gasteiger partial charge in [-0.25, -0.2) is 9.48 Å². The smallest absolute Gasteiger partial charge is 0.356 e. The van der Waals surface area contributed by atoms with E-state index in [2.05, 4.69) is 5.10 Å². The molecule has 4 rings (SSSR count). The molecule has 1 aromatic heterocycles. The Labute approximate surface area is 184 Å². The van der Waals surface area contributed by atoms with E-state index in [1.54, 1.807) is 67.6 Å². The molecule has 0 unspecified atom stereocenters. The lowest BCUT2D eigenvalue weighted by molar-refractivity contribution is -0.116. The van der Waals surface area contributed by atoms with Crippen LogP contribution in [-0.4, -0.2) is 53.4 Å². The van der Waals surface area contributed by atoms with E-state index in [1.807, 2.05) is 0 Å². The largest absolute Gasteiger partial charge is 0.497 e. The number of aromatic nitrogens is 2. The summed E-state index contributed by atoms with van der Waals surface area (Å²) in [5, 5.41) is 13.9. The second-order valence-electron chi connectivity index (χ2n) is 7.39. The number of methoxy groups -OCH3 is 1. The molecule has 0 atom stereocenters.